The molecular formula is C24H23ClFN5. The highest BCUT2D eigenvalue weighted by atomic mass is 35.5. The van der Waals surface area contributed by atoms with E-state index in [4.69, 9.17) is 11.6 Å². The molecule has 4 aromatic rings. The molecule has 0 bridgehead atoms. The van der Waals surface area contributed by atoms with Crippen LogP contribution in [0.4, 0.5) is 4.39 Å². The Morgan fingerprint density at radius 2 is 2.03 bits per heavy atom. The summed E-state index contributed by atoms with van der Waals surface area (Å²) in [4.78, 5) is 7.81. The Morgan fingerprint density at radius 3 is 2.87 bits per heavy atom. The molecule has 31 heavy (non-hydrogen) atoms. The molecule has 1 aromatic carbocycles. The van der Waals surface area contributed by atoms with Crippen molar-refractivity contribution in [1.82, 2.24) is 25.1 Å². The number of rotatable bonds is 4. The van der Waals surface area contributed by atoms with Gasteiger partial charge in [0.2, 0.25) is 0 Å². The average molecular weight is 436 g/mol. The summed E-state index contributed by atoms with van der Waals surface area (Å²) in [6.45, 7) is 3.99. The van der Waals surface area contributed by atoms with Crippen LogP contribution in [-0.4, -0.2) is 32.8 Å². The number of halogens is 2. The molecular weight excluding hydrogens is 413 g/mol. The zero-order valence-corrected chi connectivity index (χ0v) is 18.0. The van der Waals surface area contributed by atoms with Crippen LogP contribution < -0.4 is 5.32 Å². The maximum Gasteiger partial charge on any atom is 0.137 e. The van der Waals surface area contributed by atoms with Crippen molar-refractivity contribution in [2.24, 2.45) is 0 Å². The number of hydrogen-bond acceptors (Lipinski definition) is 3. The number of aromatic nitrogens is 4. The molecule has 0 unspecified atom stereocenters. The van der Waals surface area contributed by atoms with Crippen LogP contribution in [0.25, 0.3) is 33.8 Å². The number of aromatic amines is 1. The number of fused-ring (bicyclic) bond motifs is 1. The number of piperidine rings is 1. The van der Waals surface area contributed by atoms with E-state index in [-0.39, 0.29) is 5.82 Å². The largest absolute Gasteiger partial charge is 0.346 e. The quantitative estimate of drug-likeness (QED) is 0.432. The molecule has 1 aliphatic heterocycles. The number of nitrogens with zero attached hydrogens (tertiary/aromatic N) is 3. The number of nitrogens with one attached hydrogen (secondary N) is 2. The molecule has 0 amide bonds. The summed E-state index contributed by atoms with van der Waals surface area (Å²) in [5.74, 6) is -0.305. The summed E-state index contributed by atoms with van der Waals surface area (Å²) < 4.78 is 15.8. The molecule has 0 spiro atoms. The summed E-state index contributed by atoms with van der Waals surface area (Å²) in [6.07, 6.45) is 12.0. The molecule has 5 rings (SSSR count). The van der Waals surface area contributed by atoms with E-state index in [9.17, 15) is 4.39 Å². The first-order chi connectivity index (χ1) is 15.1. The molecule has 1 aliphatic rings. The zero-order chi connectivity index (χ0) is 21.4. The van der Waals surface area contributed by atoms with Crippen molar-refractivity contribution in [2.75, 3.05) is 13.1 Å². The van der Waals surface area contributed by atoms with E-state index in [2.05, 4.69) is 37.3 Å². The van der Waals surface area contributed by atoms with Crippen LogP contribution in [0.15, 0.2) is 49.1 Å². The highest BCUT2D eigenvalue weighted by Crippen LogP contribution is 2.30. The van der Waals surface area contributed by atoms with Gasteiger partial charge < -0.3 is 10.3 Å². The lowest BCUT2D eigenvalue weighted by Gasteiger charge is -2.22. The first-order valence-corrected chi connectivity index (χ1v) is 10.8. The topological polar surface area (TPSA) is 58.5 Å². The van der Waals surface area contributed by atoms with Crippen molar-refractivity contribution in [3.8, 4) is 11.1 Å². The second-order valence-electron chi connectivity index (χ2n) is 8.01. The molecule has 2 N–H and O–H groups in total. The third kappa shape index (κ3) is 4.01. The predicted octanol–water partition coefficient (Wildman–Crippen LogP) is 5.70. The normalized spacial score (nSPS) is 15.6. The molecule has 0 radical (unpaired) electrons. The van der Waals surface area contributed by atoms with Gasteiger partial charge in [-0.05, 0) is 74.3 Å². The summed E-state index contributed by atoms with van der Waals surface area (Å²) in [5, 5.41) is 9.52. The van der Waals surface area contributed by atoms with Crippen molar-refractivity contribution in [3.63, 3.8) is 0 Å². The fourth-order valence-electron chi connectivity index (χ4n) is 4.17. The molecule has 0 saturated carbocycles. The van der Waals surface area contributed by atoms with E-state index in [1.54, 1.807) is 6.07 Å². The van der Waals surface area contributed by atoms with E-state index in [0.29, 0.717) is 16.6 Å². The van der Waals surface area contributed by atoms with Gasteiger partial charge in [0.25, 0.3) is 0 Å². The van der Waals surface area contributed by atoms with Gasteiger partial charge in [0.05, 0.1) is 12.2 Å². The molecule has 0 atom stereocenters. The van der Waals surface area contributed by atoms with Crippen molar-refractivity contribution >= 4 is 34.3 Å². The molecule has 7 heteroatoms. The van der Waals surface area contributed by atoms with Gasteiger partial charge >= 0.3 is 0 Å². The summed E-state index contributed by atoms with van der Waals surface area (Å²) in [7, 11) is 0. The van der Waals surface area contributed by atoms with E-state index < -0.39 is 0 Å². The fraction of sp³-hybridized carbons (Fsp3) is 0.250. The lowest BCUT2D eigenvalue weighted by molar-refractivity contribution is 0.343. The first kappa shape index (κ1) is 20.0. The zero-order valence-electron chi connectivity index (χ0n) is 17.2. The molecule has 0 aliphatic carbocycles. The van der Waals surface area contributed by atoms with Gasteiger partial charge in [0.1, 0.15) is 11.5 Å². The lowest BCUT2D eigenvalue weighted by atomic mass is 10.0. The van der Waals surface area contributed by atoms with E-state index in [1.165, 1.54) is 12.1 Å². The number of H-pyrrole nitrogens is 1. The molecule has 158 valence electrons. The second kappa shape index (κ2) is 8.29. The average Bonchev–Trinajstić information content (AvgIpc) is 3.43. The van der Waals surface area contributed by atoms with Crippen molar-refractivity contribution in [3.05, 3.63) is 71.0 Å². The Labute approximate surface area is 185 Å². The highest BCUT2D eigenvalue weighted by Gasteiger charge is 2.16. The minimum absolute atomic E-state index is 0.305. The van der Waals surface area contributed by atoms with Crippen molar-refractivity contribution in [2.45, 2.75) is 25.8 Å². The van der Waals surface area contributed by atoms with E-state index >= 15 is 0 Å². The van der Waals surface area contributed by atoms with Crippen molar-refractivity contribution < 1.29 is 4.39 Å². The van der Waals surface area contributed by atoms with E-state index in [0.717, 1.165) is 59.2 Å². The van der Waals surface area contributed by atoms with Gasteiger partial charge in [-0.25, -0.2) is 9.37 Å². The smallest absolute Gasteiger partial charge is 0.137 e. The van der Waals surface area contributed by atoms with Gasteiger partial charge in [-0.2, -0.15) is 5.10 Å². The molecule has 4 heterocycles. The fourth-order valence-corrected chi connectivity index (χ4v) is 4.44. The number of pyridine rings is 1. The monoisotopic (exact) mass is 435 g/mol. The van der Waals surface area contributed by atoms with Crippen LogP contribution in [0.2, 0.25) is 5.02 Å². The van der Waals surface area contributed by atoms with E-state index in [1.807, 2.05) is 31.6 Å². The summed E-state index contributed by atoms with van der Waals surface area (Å²) in [5.41, 5.74) is 5.42. The Bertz CT molecular complexity index is 1270. The first-order valence-electron chi connectivity index (χ1n) is 10.4. The Hall–Kier alpha value is -2.96. The number of allylic oxidation sites excluding steroid dienone is 1. The Kier molecular flexibility index (Phi) is 5.34. The maximum atomic E-state index is 13.7. The molecule has 1 fully saturated rings. The lowest BCUT2D eigenvalue weighted by Crippen LogP contribution is -2.29. The highest BCUT2D eigenvalue weighted by molar-refractivity contribution is 6.32. The van der Waals surface area contributed by atoms with Gasteiger partial charge in [-0.3, -0.25) is 4.68 Å². The van der Waals surface area contributed by atoms with Crippen LogP contribution in [0.5, 0.6) is 0 Å². The molecule has 1 saturated heterocycles. The van der Waals surface area contributed by atoms with Gasteiger partial charge in [0.15, 0.2) is 0 Å². The Balaban J connectivity index is 1.49. The van der Waals surface area contributed by atoms with Crippen LogP contribution >= 0.6 is 11.6 Å². The Morgan fingerprint density at radius 1 is 1.19 bits per heavy atom. The third-order valence-electron chi connectivity index (χ3n) is 5.91. The second-order valence-corrected chi connectivity index (χ2v) is 8.41. The standard InChI is InChI=1S/C24H23ClFN5/c1-15(21-10-19(26)2-3-23(21)25)8-17-12-29-24-22(17)9-16(11-28-24)18-13-30-31(14-18)20-4-6-27-7-5-20/h2-3,8-14,20,27H,4-7H2,1H3,(H,28,29). The van der Waals surface area contributed by atoms with Crippen LogP contribution in [0.3, 0.4) is 0 Å². The molecule has 3 aromatic heterocycles. The van der Waals surface area contributed by atoms with Gasteiger partial charge in [0, 0.05) is 45.7 Å². The SMILES string of the molecule is CC(=Cc1c[nH]c2ncc(-c3cnn(C4CCNCC4)c3)cc12)c1cc(F)ccc1Cl. The van der Waals surface area contributed by atoms with Crippen LogP contribution in [0.1, 0.15) is 36.9 Å². The van der Waals surface area contributed by atoms with Crippen LogP contribution in [-0.2, 0) is 0 Å². The summed E-state index contributed by atoms with van der Waals surface area (Å²) >= 11 is 6.28. The predicted molar refractivity (Wildman–Crippen MR) is 123 cm³/mol. The minimum atomic E-state index is -0.305. The minimum Gasteiger partial charge on any atom is -0.346 e. The maximum absolute atomic E-state index is 13.7. The van der Waals surface area contributed by atoms with Crippen LogP contribution in [0, 0.1) is 5.82 Å². The number of benzene rings is 1. The van der Waals surface area contributed by atoms with Gasteiger partial charge in [-0.15, -0.1) is 0 Å². The van der Waals surface area contributed by atoms with Gasteiger partial charge in [-0.1, -0.05) is 11.6 Å². The molecule has 5 nitrogen and oxygen atoms in total. The number of hydrogen-bond donors (Lipinski definition) is 2. The van der Waals surface area contributed by atoms with Crippen molar-refractivity contribution in [1.29, 1.82) is 0 Å². The third-order valence-corrected chi connectivity index (χ3v) is 6.24. The summed E-state index contributed by atoms with van der Waals surface area (Å²) in [6, 6.07) is 6.97.